The van der Waals surface area contributed by atoms with E-state index in [1.807, 2.05) is 17.5 Å². The summed E-state index contributed by atoms with van der Waals surface area (Å²) in [5, 5.41) is 23.5. The lowest BCUT2D eigenvalue weighted by atomic mass is 10.4. The molecule has 0 unspecified atom stereocenters. The third kappa shape index (κ3) is 3.33. The van der Waals surface area contributed by atoms with E-state index in [1.165, 1.54) is 34.4 Å². The number of H-pyrrole nitrogens is 1. The Labute approximate surface area is 138 Å². The van der Waals surface area contributed by atoms with Gasteiger partial charge in [0.15, 0.2) is 5.82 Å². The van der Waals surface area contributed by atoms with Crippen molar-refractivity contribution < 1.29 is 9.34 Å². The van der Waals surface area contributed by atoms with E-state index in [4.69, 9.17) is 16.6 Å². The Balaban J connectivity index is 1.78. The standard InChI is InChI=1S/C13H9N5O3S2/c19-18(20)11-6-5-9(21-11)3-1-7-14-17-12(15-16-13(17)22)10-4-2-8-23-10/h1-8H,(H,16,22)/b3-1+,14-7+. The van der Waals surface area contributed by atoms with Crippen molar-refractivity contribution in [3.8, 4) is 10.7 Å². The second-order valence-corrected chi connectivity index (χ2v) is 5.53. The van der Waals surface area contributed by atoms with Gasteiger partial charge in [-0.15, -0.1) is 11.3 Å². The Kier molecular flexibility index (Phi) is 4.26. The van der Waals surface area contributed by atoms with Crippen molar-refractivity contribution >= 4 is 41.7 Å². The summed E-state index contributed by atoms with van der Waals surface area (Å²) in [5.74, 6) is 0.666. The van der Waals surface area contributed by atoms with Crippen LogP contribution in [0.3, 0.4) is 0 Å². The number of rotatable bonds is 5. The average molecular weight is 347 g/mol. The van der Waals surface area contributed by atoms with E-state index in [9.17, 15) is 10.1 Å². The van der Waals surface area contributed by atoms with Gasteiger partial charge in [-0.1, -0.05) is 6.07 Å². The molecule has 0 aromatic carbocycles. The number of aromatic nitrogens is 3. The van der Waals surface area contributed by atoms with Crippen LogP contribution in [-0.4, -0.2) is 26.0 Å². The van der Waals surface area contributed by atoms with Gasteiger partial charge in [0.05, 0.1) is 10.9 Å². The molecule has 0 atom stereocenters. The van der Waals surface area contributed by atoms with Crippen molar-refractivity contribution in [3.05, 3.63) is 56.4 Å². The minimum Gasteiger partial charge on any atom is -0.401 e. The maximum atomic E-state index is 10.5. The zero-order valence-electron chi connectivity index (χ0n) is 11.4. The van der Waals surface area contributed by atoms with Crippen LogP contribution < -0.4 is 0 Å². The largest absolute Gasteiger partial charge is 0.433 e. The van der Waals surface area contributed by atoms with Crippen LogP contribution in [0.1, 0.15) is 5.76 Å². The Bertz CT molecular complexity index is 933. The zero-order chi connectivity index (χ0) is 16.2. The monoisotopic (exact) mass is 347 g/mol. The van der Waals surface area contributed by atoms with Crippen molar-refractivity contribution in [1.29, 1.82) is 0 Å². The summed E-state index contributed by atoms with van der Waals surface area (Å²) in [6, 6.07) is 6.62. The first-order valence-corrected chi connectivity index (χ1v) is 7.60. The van der Waals surface area contributed by atoms with Crippen LogP contribution in [-0.2, 0) is 0 Å². The molecule has 0 fully saturated rings. The van der Waals surface area contributed by atoms with E-state index in [0.717, 1.165) is 4.88 Å². The molecule has 116 valence electrons. The Morgan fingerprint density at radius 2 is 2.35 bits per heavy atom. The van der Waals surface area contributed by atoms with Crippen molar-refractivity contribution in [2.45, 2.75) is 0 Å². The summed E-state index contributed by atoms with van der Waals surface area (Å²) < 4.78 is 6.86. The third-order valence-electron chi connectivity index (χ3n) is 2.71. The number of nitro groups is 1. The first-order chi connectivity index (χ1) is 11.1. The number of hydrogen-bond donors (Lipinski definition) is 1. The maximum absolute atomic E-state index is 10.5. The predicted molar refractivity (Wildman–Crippen MR) is 89.0 cm³/mol. The van der Waals surface area contributed by atoms with Gasteiger partial charge in [0.1, 0.15) is 10.7 Å². The predicted octanol–water partition coefficient (Wildman–Crippen LogP) is 3.72. The molecule has 0 saturated heterocycles. The molecule has 0 aliphatic rings. The number of aromatic amines is 1. The Morgan fingerprint density at radius 3 is 3.04 bits per heavy atom. The van der Waals surface area contributed by atoms with Gasteiger partial charge in [0.25, 0.3) is 0 Å². The van der Waals surface area contributed by atoms with E-state index in [-0.39, 0.29) is 5.88 Å². The molecular weight excluding hydrogens is 338 g/mol. The fraction of sp³-hybridized carbons (Fsp3) is 0. The highest BCUT2D eigenvalue weighted by atomic mass is 32.1. The fourth-order valence-electron chi connectivity index (χ4n) is 1.74. The van der Waals surface area contributed by atoms with E-state index in [2.05, 4.69) is 15.3 Å². The smallest absolute Gasteiger partial charge is 0.401 e. The Hall–Kier alpha value is -2.85. The number of nitrogens with zero attached hydrogens (tertiary/aromatic N) is 4. The van der Waals surface area contributed by atoms with Gasteiger partial charge in [-0.2, -0.15) is 14.9 Å². The summed E-state index contributed by atoms with van der Waals surface area (Å²) in [5.41, 5.74) is 0. The second-order valence-electron chi connectivity index (χ2n) is 4.20. The fourth-order valence-corrected chi connectivity index (χ4v) is 2.61. The molecule has 0 saturated carbocycles. The normalized spacial score (nSPS) is 11.7. The quantitative estimate of drug-likeness (QED) is 0.328. The molecule has 0 radical (unpaired) electrons. The number of nitrogens with one attached hydrogen (secondary N) is 1. The first kappa shape index (κ1) is 15.1. The van der Waals surface area contributed by atoms with Gasteiger partial charge in [0.2, 0.25) is 4.77 Å². The van der Waals surface area contributed by atoms with E-state index < -0.39 is 4.92 Å². The van der Waals surface area contributed by atoms with Crippen molar-refractivity contribution in [2.75, 3.05) is 0 Å². The highest BCUT2D eigenvalue weighted by Crippen LogP contribution is 2.22. The van der Waals surface area contributed by atoms with Crippen LogP contribution in [0.4, 0.5) is 5.88 Å². The molecule has 3 heterocycles. The van der Waals surface area contributed by atoms with Crippen LogP contribution in [0.15, 0.2) is 45.2 Å². The van der Waals surface area contributed by atoms with Crippen LogP contribution in [0.2, 0.25) is 0 Å². The summed E-state index contributed by atoms with van der Waals surface area (Å²) in [6.07, 6.45) is 4.65. The number of thiophene rings is 1. The molecule has 0 aliphatic heterocycles. The van der Waals surface area contributed by atoms with Gasteiger partial charge in [-0.25, -0.2) is 5.10 Å². The lowest BCUT2D eigenvalue weighted by Gasteiger charge is -1.95. The van der Waals surface area contributed by atoms with Crippen LogP contribution >= 0.6 is 23.6 Å². The molecule has 0 amide bonds. The molecule has 10 heteroatoms. The average Bonchev–Trinajstić information content (AvgIpc) is 3.25. The van der Waals surface area contributed by atoms with E-state index in [1.54, 1.807) is 12.2 Å². The van der Waals surface area contributed by atoms with Gasteiger partial charge in [-0.3, -0.25) is 10.1 Å². The number of allylic oxidation sites excluding steroid dienone is 1. The van der Waals surface area contributed by atoms with Crippen molar-refractivity contribution in [1.82, 2.24) is 14.9 Å². The SMILES string of the molecule is O=[N+]([O-])c1ccc(/C=C/C=N/n2c(-c3cccs3)n[nH]c2=S)o1. The van der Waals surface area contributed by atoms with Gasteiger partial charge in [0, 0.05) is 6.21 Å². The van der Waals surface area contributed by atoms with Crippen LogP contribution in [0.5, 0.6) is 0 Å². The van der Waals surface area contributed by atoms with Gasteiger partial charge >= 0.3 is 5.88 Å². The van der Waals surface area contributed by atoms with Gasteiger partial charge in [-0.05, 0) is 41.9 Å². The van der Waals surface area contributed by atoms with Crippen molar-refractivity contribution in [2.24, 2.45) is 5.10 Å². The molecule has 3 rings (SSSR count). The van der Waals surface area contributed by atoms with Crippen LogP contribution in [0.25, 0.3) is 16.8 Å². The molecule has 0 aliphatic carbocycles. The van der Waals surface area contributed by atoms with Crippen molar-refractivity contribution in [3.63, 3.8) is 0 Å². The first-order valence-electron chi connectivity index (χ1n) is 6.31. The molecular formula is C13H9N5O3S2. The second kappa shape index (κ2) is 6.50. The topological polar surface area (TPSA) is 102 Å². The zero-order valence-corrected chi connectivity index (χ0v) is 13.1. The van der Waals surface area contributed by atoms with E-state index >= 15 is 0 Å². The van der Waals surface area contributed by atoms with Crippen LogP contribution in [0, 0.1) is 14.9 Å². The number of hydrogen-bond acceptors (Lipinski definition) is 7. The molecule has 1 N–H and O–H groups in total. The third-order valence-corrected chi connectivity index (χ3v) is 3.84. The lowest BCUT2D eigenvalue weighted by Crippen LogP contribution is -1.91. The summed E-state index contributed by atoms with van der Waals surface area (Å²) >= 11 is 6.66. The molecule has 0 spiro atoms. The minimum atomic E-state index is -0.594. The van der Waals surface area contributed by atoms with E-state index in [0.29, 0.717) is 16.4 Å². The maximum Gasteiger partial charge on any atom is 0.433 e. The summed E-state index contributed by atoms with van der Waals surface area (Å²) in [4.78, 5) is 10.9. The highest BCUT2D eigenvalue weighted by molar-refractivity contribution is 7.71. The summed E-state index contributed by atoms with van der Waals surface area (Å²) in [6.45, 7) is 0. The lowest BCUT2D eigenvalue weighted by molar-refractivity contribution is -0.402. The molecule has 8 nitrogen and oxygen atoms in total. The molecule has 3 aromatic heterocycles. The molecule has 23 heavy (non-hydrogen) atoms. The molecule has 3 aromatic rings. The minimum absolute atomic E-state index is 0.307. The highest BCUT2D eigenvalue weighted by Gasteiger charge is 2.10. The number of furan rings is 1. The van der Waals surface area contributed by atoms with Gasteiger partial charge < -0.3 is 4.42 Å². The summed E-state index contributed by atoms with van der Waals surface area (Å²) in [7, 11) is 0. The Morgan fingerprint density at radius 1 is 1.48 bits per heavy atom. The molecule has 0 bridgehead atoms.